The van der Waals surface area contributed by atoms with E-state index in [0.29, 0.717) is 16.3 Å². The third kappa shape index (κ3) is 5.26. The molecule has 0 saturated heterocycles. The Labute approximate surface area is 140 Å². The second kappa shape index (κ2) is 7.48. The van der Waals surface area contributed by atoms with Crippen LogP contribution in [0.15, 0.2) is 36.7 Å². The maximum atomic E-state index is 11.8. The second-order valence-corrected chi connectivity index (χ2v) is 5.95. The predicted molar refractivity (Wildman–Crippen MR) is 87.4 cm³/mol. The third-order valence-corrected chi connectivity index (χ3v) is 3.59. The number of hydrogen-bond acceptors (Lipinski definition) is 4. The smallest absolute Gasteiger partial charge is 0.223 e. The zero-order chi connectivity index (χ0) is 16.9. The van der Waals surface area contributed by atoms with Crippen LogP contribution in [-0.4, -0.2) is 33.9 Å². The number of halogens is 1. The van der Waals surface area contributed by atoms with Crippen molar-refractivity contribution >= 4 is 17.5 Å². The summed E-state index contributed by atoms with van der Waals surface area (Å²) in [7, 11) is 1.77. The van der Waals surface area contributed by atoms with E-state index in [1.165, 1.54) is 0 Å². The summed E-state index contributed by atoms with van der Waals surface area (Å²) in [6, 6.07) is 6.99. The topological polar surface area (TPSA) is 76.4 Å². The van der Waals surface area contributed by atoms with Crippen molar-refractivity contribution in [2.24, 2.45) is 7.05 Å². The van der Waals surface area contributed by atoms with Crippen LogP contribution in [0.3, 0.4) is 0 Å². The van der Waals surface area contributed by atoms with E-state index in [1.807, 2.05) is 0 Å². The van der Waals surface area contributed by atoms with Gasteiger partial charge in [0.25, 0.3) is 0 Å². The maximum absolute atomic E-state index is 11.8. The molecule has 0 aliphatic heterocycles. The number of rotatable bonds is 7. The van der Waals surface area contributed by atoms with E-state index in [4.69, 9.17) is 16.3 Å². The van der Waals surface area contributed by atoms with Crippen LogP contribution in [0.4, 0.5) is 0 Å². The van der Waals surface area contributed by atoms with Gasteiger partial charge in [0.2, 0.25) is 5.91 Å². The molecule has 2 rings (SSSR count). The Balaban J connectivity index is 1.74. The highest BCUT2D eigenvalue weighted by atomic mass is 35.5. The van der Waals surface area contributed by atoms with Gasteiger partial charge >= 0.3 is 0 Å². The standard InChI is InChI=1S/C16H20ClN3O3/c1-16(22,12-9-19-20(2)10-12)11-18-15(21)6-7-23-14-5-3-4-13(17)8-14/h3-5,8-10,22H,6-7,11H2,1-2H3,(H,18,21). The molecule has 0 fully saturated rings. The quantitative estimate of drug-likeness (QED) is 0.808. The molecule has 0 aliphatic rings. The van der Waals surface area contributed by atoms with E-state index in [0.717, 1.165) is 0 Å². The van der Waals surface area contributed by atoms with Gasteiger partial charge in [-0.05, 0) is 25.1 Å². The Morgan fingerprint density at radius 2 is 2.30 bits per heavy atom. The molecule has 0 spiro atoms. The highest BCUT2D eigenvalue weighted by Crippen LogP contribution is 2.19. The molecule has 1 heterocycles. The lowest BCUT2D eigenvalue weighted by Crippen LogP contribution is -2.38. The average molecular weight is 338 g/mol. The Bertz CT molecular complexity index is 670. The van der Waals surface area contributed by atoms with Crippen molar-refractivity contribution in [3.8, 4) is 5.75 Å². The first-order valence-electron chi connectivity index (χ1n) is 7.23. The van der Waals surface area contributed by atoms with Crippen LogP contribution in [-0.2, 0) is 17.4 Å². The molecule has 1 aromatic carbocycles. The average Bonchev–Trinajstić information content (AvgIpc) is 2.93. The SMILES string of the molecule is Cn1cc(C(C)(O)CNC(=O)CCOc2cccc(Cl)c2)cn1. The number of hydrogen-bond donors (Lipinski definition) is 2. The first kappa shape index (κ1) is 17.3. The van der Waals surface area contributed by atoms with Crippen molar-refractivity contribution < 1.29 is 14.6 Å². The molecule has 2 N–H and O–H groups in total. The fourth-order valence-electron chi connectivity index (χ4n) is 1.98. The summed E-state index contributed by atoms with van der Waals surface area (Å²) in [5.74, 6) is 0.420. The van der Waals surface area contributed by atoms with Gasteiger partial charge in [-0.1, -0.05) is 17.7 Å². The number of carbonyl (C=O) groups is 1. The van der Waals surface area contributed by atoms with Crippen LogP contribution in [0.25, 0.3) is 0 Å². The van der Waals surface area contributed by atoms with Crippen LogP contribution in [0.2, 0.25) is 5.02 Å². The first-order valence-corrected chi connectivity index (χ1v) is 7.61. The van der Waals surface area contributed by atoms with Crippen molar-refractivity contribution in [1.82, 2.24) is 15.1 Å². The summed E-state index contributed by atoms with van der Waals surface area (Å²) in [5, 5.41) is 17.7. The van der Waals surface area contributed by atoms with Crippen LogP contribution < -0.4 is 10.1 Å². The summed E-state index contributed by atoms with van der Waals surface area (Å²) >= 11 is 5.85. The third-order valence-electron chi connectivity index (χ3n) is 3.35. The number of aryl methyl sites for hydroxylation is 1. The molecular weight excluding hydrogens is 318 g/mol. The maximum Gasteiger partial charge on any atom is 0.223 e. The van der Waals surface area contributed by atoms with E-state index in [-0.39, 0.29) is 25.5 Å². The second-order valence-electron chi connectivity index (χ2n) is 5.51. The Hall–Kier alpha value is -2.05. The molecule has 1 amide bonds. The molecule has 0 radical (unpaired) electrons. The summed E-state index contributed by atoms with van der Waals surface area (Å²) in [6.45, 7) is 1.97. The Morgan fingerprint density at radius 3 is 2.96 bits per heavy atom. The number of ether oxygens (including phenoxy) is 1. The Kier molecular flexibility index (Phi) is 5.63. The van der Waals surface area contributed by atoms with Crippen molar-refractivity contribution in [2.75, 3.05) is 13.2 Å². The van der Waals surface area contributed by atoms with Crippen LogP contribution in [0, 0.1) is 0 Å². The van der Waals surface area contributed by atoms with Gasteiger partial charge in [0.1, 0.15) is 11.4 Å². The molecular formula is C16H20ClN3O3. The van der Waals surface area contributed by atoms with Gasteiger partial charge in [-0.25, -0.2) is 0 Å². The lowest BCUT2D eigenvalue weighted by molar-refractivity contribution is -0.122. The van der Waals surface area contributed by atoms with Crippen LogP contribution in [0.1, 0.15) is 18.9 Å². The molecule has 2 aromatic rings. The van der Waals surface area contributed by atoms with E-state index >= 15 is 0 Å². The predicted octanol–water partition coefficient (Wildman–Crippen LogP) is 1.87. The fraction of sp³-hybridized carbons (Fsp3) is 0.375. The number of carbonyl (C=O) groups excluding carboxylic acids is 1. The number of nitrogens with zero attached hydrogens (tertiary/aromatic N) is 2. The number of aliphatic hydroxyl groups is 1. The van der Waals surface area contributed by atoms with Gasteiger partial charge in [-0.3, -0.25) is 9.48 Å². The summed E-state index contributed by atoms with van der Waals surface area (Å²) < 4.78 is 7.06. The van der Waals surface area contributed by atoms with Gasteiger partial charge < -0.3 is 15.2 Å². The largest absolute Gasteiger partial charge is 0.493 e. The van der Waals surface area contributed by atoms with Gasteiger partial charge in [-0.15, -0.1) is 0 Å². The summed E-state index contributed by atoms with van der Waals surface area (Å²) in [5.41, 5.74) is -0.520. The molecule has 1 unspecified atom stereocenters. The summed E-state index contributed by atoms with van der Waals surface area (Å²) in [4.78, 5) is 11.8. The molecule has 0 aliphatic carbocycles. The zero-order valence-corrected chi connectivity index (χ0v) is 13.9. The van der Waals surface area contributed by atoms with Crippen LogP contribution in [0.5, 0.6) is 5.75 Å². The van der Waals surface area contributed by atoms with Gasteiger partial charge in [0, 0.05) is 23.8 Å². The first-order chi connectivity index (χ1) is 10.9. The molecule has 1 atom stereocenters. The molecule has 23 heavy (non-hydrogen) atoms. The fourth-order valence-corrected chi connectivity index (χ4v) is 2.16. The number of nitrogens with one attached hydrogen (secondary N) is 1. The van der Waals surface area contributed by atoms with Crippen molar-refractivity contribution in [3.05, 3.63) is 47.2 Å². The Morgan fingerprint density at radius 1 is 1.52 bits per heavy atom. The lowest BCUT2D eigenvalue weighted by atomic mass is 10.00. The molecule has 0 bridgehead atoms. The monoisotopic (exact) mass is 337 g/mol. The molecule has 124 valence electrons. The molecule has 7 heteroatoms. The highest BCUT2D eigenvalue weighted by molar-refractivity contribution is 6.30. The van der Waals surface area contributed by atoms with Crippen molar-refractivity contribution in [2.45, 2.75) is 18.9 Å². The zero-order valence-electron chi connectivity index (χ0n) is 13.1. The van der Waals surface area contributed by atoms with Crippen molar-refractivity contribution in [3.63, 3.8) is 0 Å². The molecule has 6 nitrogen and oxygen atoms in total. The highest BCUT2D eigenvalue weighted by Gasteiger charge is 2.25. The lowest BCUT2D eigenvalue weighted by Gasteiger charge is -2.22. The summed E-state index contributed by atoms with van der Waals surface area (Å²) in [6.07, 6.45) is 3.48. The number of aromatic nitrogens is 2. The normalized spacial score (nSPS) is 13.4. The van der Waals surface area contributed by atoms with Crippen LogP contribution >= 0.6 is 11.6 Å². The molecule has 0 saturated carbocycles. The minimum Gasteiger partial charge on any atom is -0.493 e. The minimum absolute atomic E-state index is 0.106. The van der Waals surface area contributed by atoms with E-state index in [1.54, 1.807) is 55.3 Å². The number of amides is 1. The minimum atomic E-state index is -1.17. The van der Waals surface area contributed by atoms with Gasteiger partial charge in [0.05, 0.1) is 25.8 Å². The van der Waals surface area contributed by atoms with Crippen molar-refractivity contribution in [1.29, 1.82) is 0 Å². The van der Waals surface area contributed by atoms with Gasteiger partial charge in [-0.2, -0.15) is 5.10 Å². The van der Waals surface area contributed by atoms with E-state index < -0.39 is 5.60 Å². The van der Waals surface area contributed by atoms with E-state index in [2.05, 4.69) is 10.4 Å². The number of benzene rings is 1. The van der Waals surface area contributed by atoms with E-state index in [9.17, 15) is 9.90 Å². The van der Waals surface area contributed by atoms with Gasteiger partial charge in [0.15, 0.2) is 0 Å². The molecule has 1 aromatic heterocycles.